The Balaban J connectivity index is 4.35. The fourth-order valence-electron chi connectivity index (χ4n) is 1.93. The molecule has 2 nitrogen and oxygen atoms in total. The third kappa shape index (κ3) is 3.66. The first-order valence-corrected chi connectivity index (χ1v) is 13.0. The maximum absolute atomic E-state index is 6.22. The van der Waals surface area contributed by atoms with Crippen molar-refractivity contribution in [2.24, 2.45) is 5.40 Å². The molecule has 0 aromatic rings. The summed E-state index contributed by atoms with van der Waals surface area (Å²) in [4.78, 5) is 0. The van der Waals surface area contributed by atoms with Gasteiger partial charge in [-0.1, -0.05) is 26.2 Å². The summed E-state index contributed by atoms with van der Waals surface area (Å²) in [5.74, 6) is 0. The third-order valence-electron chi connectivity index (χ3n) is 1.78. The van der Waals surface area contributed by atoms with Crippen molar-refractivity contribution in [2.45, 2.75) is 39.3 Å². The Morgan fingerprint density at radius 2 is 1.27 bits per heavy atom. The van der Waals surface area contributed by atoms with Crippen LogP contribution in [0.25, 0.3) is 0 Å². The van der Waals surface area contributed by atoms with Crippen LogP contribution in [-0.4, -0.2) is 30.2 Å². The summed E-state index contributed by atoms with van der Waals surface area (Å²) in [5, 5.41) is 6.22. The minimum absolute atomic E-state index is 0.637. The molecule has 0 aromatic heterocycles. The molecule has 0 aliphatic carbocycles. The zero-order chi connectivity index (χ0) is 9.23. The fraction of sp³-hybridized carbons (Fsp3) is 1.00. The molecule has 0 rings (SSSR count). The van der Waals surface area contributed by atoms with Crippen molar-refractivity contribution in [3.8, 4) is 0 Å². The first kappa shape index (κ1) is 11.6. The van der Waals surface area contributed by atoms with Crippen molar-refractivity contribution in [2.75, 3.05) is 0 Å². The van der Waals surface area contributed by atoms with Gasteiger partial charge < -0.3 is 9.30 Å². The Labute approximate surface area is 75.3 Å². The molecule has 0 aliphatic heterocycles. The van der Waals surface area contributed by atoms with Crippen molar-refractivity contribution < 1.29 is 0 Å². The van der Waals surface area contributed by atoms with Gasteiger partial charge in [-0.25, -0.2) is 0 Å². The number of nitrogens with zero attached hydrogens (tertiary/aromatic N) is 1. The van der Waals surface area contributed by atoms with Gasteiger partial charge in [-0.15, -0.1) is 0 Å². The van der Waals surface area contributed by atoms with Crippen LogP contribution in [0, 0.1) is 0 Å². The van der Waals surface area contributed by atoms with E-state index in [1.807, 2.05) is 0 Å². The van der Waals surface area contributed by atoms with Crippen LogP contribution in [0.1, 0.15) is 0 Å². The Kier molecular flexibility index (Phi) is 4.20. The Bertz CT molecular complexity index is 111. The topological polar surface area (TPSA) is 29.3 Å². The minimum Gasteiger partial charge on any atom is -0.361 e. The first-order valence-electron chi connectivity index (χ1n) is 4.34. The van der Waals surface area contributed by atoms with Crippen LogP contribution < -0.4 is 5.40 Å². The highest BCUT2D eigenvalue weighted by Gasteiger charge is 2.29. The summed E-state index contributed by atoms with van der Waals surface area (Å²) in [6.07, 6.45) is 0. The van der Waals surface area contributed by atoms with Gasteiger partial charge in [0.05, 0.1) is 17.9 Å². The van der Waals surface area contributed by atoms with E-state index in [9.17, 15) is 0 Å². The molecule has 68 valence electrons. The van der Waals surface area contributed by atoms with Crippen LogP contribution in [-0.2, 0) is 0 Å². The van der Waals surface area contributed by atoms with E-state index in [1.165, 1.54) is 0 Å². The predicted octanol–water partition coefficient (Wildman–Crippen LogP) is 0.916. The smallest absolute Gasteiger partial charge is 0.181 e. The lowest BCUT2D eigenvalue weighted by molar-refractivity contribution is 0.950. The SMILES string of the molecule is C[SiH](C)N([SiH](C)C)[Si](C)(C)N. The molecule has 0 bridgehead atoms. The number of rotatable bonds is 3. The monoisotopic (exact) mass is 206 g/mol. The van der Waals surface area contributed by atoms with Gasteiger partial charge >= 0.3 is 0 Å². The molecule has 0 heterocycles. The summed E-state index contributed by atoms with van der Waals surface area (Å²) >= 11 is 0. The second kappa shape index (κ2) is 3.99. The van der Waals surface area contributed by atoms with E-state index < -0.39 is 26.3 Å². The molecule has 11 heavy (non-hydrogen) atoms. The first-order chi connectivity index (χ1) is 4.76. The van der Waals surface area contributed by atoms with Gasteiger partial charge in [0.1, 0.15) is 0 Å². The number of nitrogens with two attached hydrogens (primary N) is 1. The van der Waals surface area contributed by atoms with Crippen LogP contribution in [0.15, 0.2) is 0 Å². The highest BCUT2D eigenvalue weighted by Crippen LogP contribution is 2.08. The summed E-state index contributed by atoms with van der Waals surface area (Å²) in [6, 6.07) is 0. The molecule has 0 atom stereocenters. The van der Waals surface area contributed by atoms with Gasteiger partial charge in [0, 0.05) is 0 Å². The minimum atomic E-state index is -1.46. The molecule has 0 spiro atoms. The lowest BCUT2D eigenvalue weighted by atomic mass is 11.9. The van der Waals surface area contributed by atoms with E-state index in [-0.39, 0.29) is 0 Å². The molecule has 0 saturated carbocycles. The highest BCUT2D eigenvalue weighted by atomic mass is 28.4. The number of hydrogen-bond donors (Lipinski definition) is 1. The molecular formula is C6H22N2Si3. The van der Waals surface area contributed by atoms with Gasteiger partial charge in [-0.05, 0) is 13.1 Å². The van der Waals surface area contributed by atoms with Crippen LogP contribution in [0.5, 0.6) is 0 Å². The summed E-state index contributed by atoms with van der Waals surface area (Å²) in [7, 11) is -2.73. The zero-order valence-corrected chi connectivity index (χ0v) is 12.0. The highest BCUT2D eigenvalue weighted by molar-refractivity contribution is 6.91. The average Bonchev–Trinajstić information content (AvgIpc) is 1.54. The van der Waals surface area contributed by atoms with Crippen molar-refractivity contribution in [3.05, 3.63) is 0 Å². The third-order valence-corrected chi connectivity index (χ3v) is 16.0. The zero-order valence-electron chi connectivity index (χ0n) is 8.68. The predicted molar refractivity (Wildman–Crippen MR) is 61.3 cm³/mol. The maximum atomic E-state index is 6.22. The second-order valence-electron chi connectivity index (χ2n) is 4.25. The van der Waals surface area contributed by atoms with Crippen molar-refractivity contribution >= 4 is 26.3 Å². The molecule has 2 N–H and O–H groups in total. The van der Waals surface area contributed by atoms with Crippen LogP contribution >= 0.6 is 0 Å². The van der Waals surface area contributed by atoms with E-state index in [1.54, 1.807) is 0 Å². The molecule has 0 saturated heterocycles. The quantitative estimate of drug-likeness (QED) is 0.696. The van der Waals surface area contributed by atoms with Crippen molar-refractivity contribution in [3.63, 3.8) is 0 Å². The van der Waals surface area contributed by atoms with Gasteiger partial charge in [-0.2, -0.15) is 0 Å². The lowest BCUT2D eigenvalue weighted by Gasteiger charge is -2.39. The summed E-state index contributed by atoms with van der Waals surface area (Å²) in [6.45, 7) is 14.0. The van der Waals surface area contributed by atoms with Crippen molar-refractivity contribution in [1.29, 1.82) is 0 Å². The molecular weight excluding hydrogens is 184 g/mol. The normalized spacial score (nSPS) is 13.6. The maximum Gasteiger partial charge on any atom is 0.181 e. The van der Waals surface area contributed by atoms with Crippen LogP contribution in [0.4, 0.5) is 0 Å². The Morgan fingerprint density at radius 3 is 1.27 bits per heavy atom. The van der Waals surface area contributed by atoms with Gasteiger partial charge in [-0.3, -0.25) is 0 Å². The Morgan fingerprint density at radius 1 is 1.00 bits per heavy atom. The molecule has 0 aromatic carbocycles. The van der Waals surface area contributed by atoms with Crippen LogP contribution in [0.2, 0.25) is 39.3 Å². The average molecular weight is 207 g/mol. The molecule has 0 radical (unpaired) electrons. The molecule has 0 amide bonds. The molecule has 0 aliphatic rings. The molecule has 0 fully saturated rings. The van der Waals surface area contributed by atoms with E-state index in [0.717, 1.165) is 0 Å². The van der Waals surface area contributed by atoms with Crippen molar-refractivity contribution in [1.82, 2.24) is 3.90 Å². The van der Waals surface area contributed by atoms with Gasteiger partial charge in [0.2, 0.25) is 0 Å². The van der Waals surface area contributed by atoms with E-state index in [4.69, 9.17) is 5.40 Å². The van der Waals surface area contributed by atoms with E-state index in [2.05, 4.69) is 43.2 Å². The fourth-order valence-corrected chi connectivity index (χ4v) is 17.3. The lowest BCUT2D eigenvalue weighted by Crippen LogP contribution is -2.64. The van der Waals surface area contributed by atoms with E-state index in [0.29, 0.717) is 0 Å². The number of hydrogen-bond acceptors (Lipinski definition) is 2. The largest absolute Gasteiger partial charge is 0.361 e. The molecule has 5 heteroatoms. The van der Waals surface area contributed by atoms with Gasteiger partial charge in [0.15, 0.2) is 8.40 Å². The summed E-state index contributed by atoms with van der Waals surface area (Å²) in [5.41, 5.74) is 0. The Hall–Kier alpha value is 0.571. The molecule has 0 unspecified atom stereocenters. The van der Waals surface area contributed by atoms with Crippen LogP contribution in [0.3, 0.4) is 0 Å². The van der Waals surface area contributed by atoms with Gasteiger partial charge in [0.25, 0.3) is 0 Å². The second-order valence-corrected chi connectivity index (χ2v) is 15.2. The summed E-state index contributed by atoms with van der Waals surface area (Å²) < 4.78 is 2.72. The standard InChI is InChI=1S/C6H22N2Si3/c1-9(2)8(10(3)4)11(5,6)7/h9-10H,7H2,1-6H3. The van der Waals surface area contributed by atoms with E-state index >= 15 is 0 Å².